The van der Waals surface area contributed by atoms with Crippen molar-refractivity contribution in [2.75, 3.05) is 0 Å². The number of fused-ring (bicyclic) bond motifs is 1. The molecule has 2 aromatic rings. The van der Waals surface area contributed by atoms with Gasteiger partial charge in [-0.3, -0.25) is 4.79 Å². The predicted molar refractivity (Wildman–Crippen MR) is 92.8 cm³/mol. The summed E-state index contributed by atoms with van der Waals surface area (Å²) < 4.78 is 20.7. The molecule has 1 amide bonds. The van der Waals surface area contributed by atoms with E-state index in [1.807, 2.05) is 0 Å². The van der Waals surface area contributed by atoms with Crippen LogP contribution in [0.15, 0.2) is 24.3 Å². The van der Waals surface area contributed by atoms with E-state index in [1.165, 1.54) is 12.1 Å². The maximum Gasteiger partial charge on any atom is 0.274 e. The molecule has 138 valence electrons. The summed E-state index contributed by atoms with van der Waals surface area (Å²) >= 11 is 0. The minimum Gasteiger partial charge on any atom is -0.365 e. The summed E-state index contributed by atoms with van der Waals surface area (Å²) in [5.41, 5.74) is 1.93. The van der Waals surface area contributed by atoms with Crippen LogP contribution in [0.4, 0.5) is 4.39 Å². The third-order valence-corrected chi connectivity index (χ3v) is 5.41. The number of halogens is 1. The number of nitrogens with one attached hydrogen (secondary N) is 1. The Bertz CT molecular complexity index is 781. The third kappa shape index (κ3) is 3.49. The van der Waals surface area contributed by atoms with Crippen LogP contribution in [-0.4, -0.2) is 26.9 Å². The number of hydrogen-bond donors (Lipinski definition) is 1. The molecule has 0 spiro atoms. The van der Waals surface area contributed by atoms with Crippen LogP contribution in [-0.2, 0) is 17.9 Å². The highest BCUT2D eigenvalue weighted by Gasteiger charge is 2.29. The molecule has 26 heavy (non-hydrogen) atoms. The van der Waals surface area contributed by atoms with Gasteiger partial charge in [0.25, 0.3) is 5.91 Å². The SMILES string of the molecule is CC1CCC(NC(=O)c2nnn3c2COC(c2ccc(F)cc2)C3)CC1. The van der Waals surface area contributed by atoms with Gasteiger partial charge >= 0.3 is 0 Å². The highest BCUT2D eigenvalue weighted by molar-refractivity contribution is 5.93. The van der Waals surface area contributed by atoms with Gasteiger partial charge in [0, 0.05) is 6.04 Å². The minimum absolute atomic E-state index is 0.172. The van der Waals surface area contributed by atoms with E-state index in [0.717, 1.165) is 37.2 Å². The second-order valence-corrected chi connectivity index (χ2v) is 7.35. The van der Waals surface area contributed by atoms with Gasteiger partial charge in [-0.2, -0.15) is 0 Å². The first-order valence-electron chi connectivity index (χ1n) is 9.20. The zero-order chi connectivity index (χ0) is 18.1. The largest absolute Gasteiger partial charge is 0.365 e. The fourth-order valence-electron chi connectivity index (χ4n) is 3.73. The molecule has 4 rings (SSSR count). The van der Waals surface area contributed by atoms with Crippen LogP contribution in [0.5, 0.6) is 0 Å². The second-order valence-electron chi connectivity index (χ2n) is 7.35. The van der Waals surface area contributed by atoms with Crippen molar-refractivity contribution in [1.82, 2.24) is 20.3 Å². The summed E-state index contributed by atoms with van der Waals surface area (Å²) in [5, 5.41) is 11.3. The number of nitrogens with zero attached hydrogens (tertiary/aromatic N) is 3. The number of carbonyl (C=O) groups is 1. The molecule has 1 unspecified atom stereocenters. The number of benzene rings is 1. The number of carbonyl (C=O) groups excluding carboxylic acids is 1. The topological polar surface area (TPSA) is 69.0 Å². The average Bonchev–Trinajstić information content (AvgIpc) is 3.07. The molecule has 1 atom stereocenters. The van der Waals surface area contributed by atoms with Crippen molar-refractivity contribution < 1.29 is 13.9 Å². The molecule has 1 saturated carbocycles. The van der Waals surface area contributed by atoms with E-state index in [-0.39, 0.29) is 30.5 Å². The normalized spacial score (nSPS) is 25.5. The van der Waals surface area contributed by atoms with Gasteiger partial charge in [0.1, 0.15) is 11.9 Å². The van der Waals surface area contributed by atoms with Crippen LogP contribution in [0.25, 0.3) is 0 Å². The molecule has 1 aromatic heterocycles. The maximum atomic E-state index is 13.1. The fraction of sp³-hybridized carbons (Fsp3) is 0.526. The van der Waals surface area contributed by atoms with E-state index >= 15 is 0 Å². The van der Waals surface area contributed by atoms with E-state index < -0.39 is 0 Å². The summed E-state index contributed by atoms with van der Waals surface area (Å²) in [5.74, 6) is 0.290. The van der Waals surface area contributed by atoms with Gasteiger partial charge in [-0.25, -0.2) is 9.07 Å². The number of ether oxygens (including phenoxy) is 1. The summed E-state index contributed by atoms with van der Waals surface area (Å²) in [6.45, 7) is 2.98. The Morgan fingerprint density at radius 1 is 1.23 bits per heavy atom. The number of rotatable bonds is 3. The number of aromatic nitrogens is 3. The molecule has 1 aliphatic heterocycles. The molecule has 1 fully saturated rings. The van der Waals surface area contributed by atoms with E-state index in [4.69, 9.17) is 4.74 Å². The van der Waals surface area contributed by atoms with E-state index in [0.29, 0.717) is 17.9 Å². The summed E-state index contributed by atoms with van der Waals surface area (Å²) in [6.07, 6.45) is 4.10. The Balaban J connectivity index is 1.43. The van der Waals surface area contributed by atoms with Crippen molar-refractivity contribution in [3.8, 4) is 0 Å². The average molecular weight is 358 g/mol. The Morgan fingerprint density at radius 3 is 2.69 bits per heavy atom. The Labute approximate surface area is 151 Å². The lowest BCUT2D eigenvalue weighted by Gasteiger charge is -2.27. The highest BCUT2D eigenvalue weighted by atomic mass is 19.1. The smallest absolute Gasteiger partial charge is 0.274 e. The Kier molecular flexibility index (Phi) is 4.72. The lowest BCUT2D eigenvalue weighted by molar-refractivity contribution is -0.00182. The highest BCUT2D eigenvalue weighted by Crippen LogP contribution is 2.28. The first-order valence-corrected chi connectivity index (χ1v) is 9.20. The monoisotopic (exact) mass is 358 g/mol. The number of hydrogen-bond acceptors (Lipinski definition) is 4. The van der Waals surface area contributed by atoms with Gasteiger partial charge in [0.05, 0.1) is 18.8 Å². The van der Waals surface area contributed by atoms with Gasteiger partial charge in [0.2, 0.25) is 0 Å². The zero-order valence-corrected chi connectivity index (χ0v) is 14.8. The van der Waals surface area contributed by atoms with E-state index in [9.17, 15) is 9.18 Å². The van der Waals surface area contributed by atoms with Crippen LogP contribution < -0.4 is 5.32 Å². The molecule has 1 aliphatic carbocycles. The first kappa shape index (κ1) is 17.1. The predicted octanol–water partition coefficient (Wildman–Crippen LogP) is 3.00. The van der Waals surface area contributed by atoms with Crippen LogP contribution in [0.2, 0.25) is 0 Å². The quantitative estimate of drug-likeness (QED) is 0.916. The third-order valence-electron chi connectivity index (χ3n) is 5.41. The molecule has 2 aliphatic rings. The van der Waals surface area contributed by atoms with Crippen LogP contribution in [0.3, 0.4) is 0 Å². The van der Waals surface area contributed by atoms with Gasteiger partial charge in [-0.1, -0.05) is 24.3 Å². The Morgan fingerprint density at radius 2 is 1.96 bits per heavy atom. The molecular formula is C19H23FN4O2. The van der Waals surface area contributed by atoms with E-state index in [1.54, 1.807) is 16.8 Å². The van der Waals surface area contributed by atoms with Crippen LogP contribution >= 0.6 is 0 Å². The van der Waals surface area contributed by atoms with Gasteiger partial charge in [-0.05, 0) is 49.3 Å². The molecule has 1 N–H and O–H groups in total. The van der Waals surface area contributed by atoms with Gasteiger partial charge in [0.15, 0.2) is 5.69 Å². The lowest BCUT2D eigenvalue weighted by atomic mass is 9.87. The van der Waals surface area contributed by atoms with Crippen molar-refractivity contribution in [2.24, 2.45) is 5.92 Å². The van der Waals surface area contributed by atoms with Crippen molar-refractivity contribution in [1.29, 1.82) is 0 Å². The molecule has 2 heterocycles. The minimum atomic E-state index is -0.276. The molecule has 0 radical (unpaired) electrons. The van der Waals surface area contributed by atoms with Crippen molar-refractivity contribution in [3.63, 3.8) is 0 Å². The van der Waals surface area contributed by atoms with Crippen molar-refractivity contribution in [3.05, 3.63) is 47.0 Å². The summed E-state index contributed by atoms with van der Waals surface area (Å²) in [4.78, 5) is 12.6. The maximum absolute atomic E-state index is 13.1. The lowest BCUT2D eigenvalue weighted by Crippen LogP contribution is -2.38. The summed E-state index contributed by atoms with van der Waals surface area (Å²) in [7, 11) is 0. The van der Waals surface area contributed by atoms with Crippen molar-refractivity contribution >= 4 is 5.91 Å². The zero-order valence-electron chi connectivity index (χ0n) is 14.8. The molecule has 0 saturated heterocycles. The van der Waals surface area contributed by atoms with E-state index in [2.05, 4.69) is 22.6 Å². The van der Waals surface area contributed by atoms with Gasteiger partial charge in [-0.15, -0.1) is 5.10 Å². The first-order chi connectivity index (χ1) is 12.6. The standard InChI is InChI=1S/C19H23FN4O2/c1-12-2-8-15(9-3-12)21-19(25)18-16-11-26-17(10-24(16)23-22-18)13-4-6-14(20)7-5-13/h4-7,12,15,17H,2-3,8-11H2,1H3,(H,21,25). The second kappa shape index (κ2) is 7.15. The molecule has 1 aromatic carbocycles. The van der Waals surface area contributed by atoms with Crippen LogP contribution in [0.1, 0.15) is 60.5 Å². The van der Waals surface area contributed by atoms with Crippen molar-refractivity contribution in [2.45, 2.75) is 57.9 Å². The fourth-order valence-corrected chi connectivity index (χ4v) is 3.73. The number of amides is 1. The van der Waals surface area contributed by atoms with Gasteiger partial charge < -0.3 is 10.1 Å². The molecule has 7 heteroatoms. The summed E-state index contributed by atoms with van der Waals surface area (Å²) in [6, 6.07) is 6.46. The van der Waals surface area contributed by atoms with Crippen LogP contribution in [0, 0.1) is 11.7 Å². The molecule has 0 bridgehead atoms. The molecule has 6 nitrogen and oxygen atoms in total. The Hall–Kier alpha value is -2.28. The molecular weight excluding hydrogens is 335 g/mol.